The number of anilines is 1. The number of rotatable bonds is 10. The minimum Gasteiger partial charge on any atom is -0.495 e. The van der Waals surface area contributed by atoms with Gasteiger partial charge in [-0.25, -0.2) is 14.4 Å². The molecule has 0 spiro atoms. The lowest BCUT2D eigenvalue weighted by molar-refractivity contribution is -0.116. The Morgan fingerprint density at radius 3 is 2.61 bits per heavy atom. The second kappa shape index (κ2) is 10.7. The Morgan fingerprint density at radius 1 is 1.15 bits per heavy atom. The van der Waals surface area contributed by atoms with Crippen LogP contribution in [0.5, 0.6) is 11.5 Å². The van der Waals surface area contributed by atoms with Crippen molar-refractivity contribution in [3.05, 3.63) is 60.9 Å². The fraction of sp³-hybridized carbons (Fsp3) is 0.261. The molecule has 2 aromatic carbocycles. The van der Waals surface area contributed by atoms with Crippen LogP contribution in [0, 0.1) is 5.82 Å². The van der Waals surface area contributed by atoms with E-state index >= 15 is 0 Å². The molecule has 2 heterocycles. The maximum absolute atomic E-state index is 13.3. The summed E-state index contributed by atoms with van der Waals surface area (Å²) in [4.78, 5) is 24.6. The first-order chi connectivity index (χ1) is 16.1. The van der Waals surface area contributed by atoms with Crippen LogP contribution in [0.3, 0.4) is 0 Å². The third-order valence-electron chi connectivity index (χ3n) is 4.96. The molecule has 4 aromatic rings. The van der Waals surface area contributed by atoms with Crippen molar-refractivity contribution >= 4 is 44.4 Å². The number of methoxy groups -OCH3 is 2. The zero-order valence-electron chi connectivity index (χ0n) is 18.2. The normalized spacial score (nSPS) is 11.0. The molecular weight excluding hydrogens is 463 g/mol. The molecule has 0 aliphatic heterocycles. The number of amides is 1. The van der Waals surface area contributed by atoms with Crippen LogP contribution in [0.1, 0.15) is 6.42 Å². The molecule has 10 heteroatoms. The number of carbonyl (C=O) groups is 1. The van der Waals surface area contributed by atoms with Gasteiger partial charge in [-0.2, -0.15) is 0 Å². The van der Waals surface area contributed by atoms with E-state index < -0.39 is 0 Å². The van der Waals surface area contributed by atoms with E-state index in [1.165, 1.54) is 35.2 Å². The smallest absolute Gasteiger partial charge is 0.239 e. The Balaban J connectivity index is 1.58. The Morgan fingerprint density at radius 2 is 1.91 bits per heavy atom. The van der Waals surface area contributed by atoms with E-state index in [1.54, 1.807) is 49.8 Å². The standard InChI is InChI=1S/C23H23FN4O3S2/c1-30-18-8-9-19(31-2)22-21(18)26-23(33-22)28(12-3-11-27-13-10-25-15-27)20(29)14-32-17-6-4-16(24)5-7-17/h4-10,13,15H,3,11-12,14H2,1-2H3. The summed E-state index contributed by atoms with van der Waals surface area (Å²) < 4.78 is 27.0. The zero-order valence-corrected chi connectivity index (χ0v) is 19.9. The minimum absolute atomic E-state index is 0.0769. The van der Waals surface area contributed by atoms with Crippen LogP contribution in [-0.2, 0) is 11.3 Å². The summed E-state index contributed by atoms with van der Waals surface area (Å²) in [6.45, 7) is 1.22. The van der Waals surface area contributed by atoms with Crippen LogP contribution in [0.25, 0.3) is 10.2 Å². The Hall–Kier alpha value is -3.11. The number of fused-ring (bicyclic) bond motifs is 1. The van der Waals surface area contributed by atoms with Gasteiger partial charge in [0, 0.05) is 30.4 Å². The van der Waals surface area contributed by atoms with E-state index in [9.17, 15) is 9.18 Å². The molecule has 0 fully saturated rings. The van der Waals surface area contributed by atoms with Gasteiger partial charge in [0.05, 0.1) is 26.3 Å². The second-order valence-corrected chi connectivity index (χ2v) is 9.11. The number of aromatic nitrogens is 3. The van der Waals surface area contributed by atoms with E-state index in [2.05, 4.69) is 4.98 Å². The largest absolute Gasteiger partial charge is 0.495 e. The first-order valence-corrected chi connectivity index (χ1v) is 12.0. The van der Waals surface area contributed by atoms with E-state index in [0.717, 1.165) is 22.6 Å². The number of ether oxygens (including phenoxy) is 2. The van der Waals surface area contributed by atoms with Gasteiger partial charge in [-0.3, -0.25) is 9.69 Å². The number of benzene rings is 2. The predicted molar refractivity (Wildman–Crippen MR) is 129 cm³/mol. The lowest BCUT2D eigenvalue weighted by Crippen LogP contribution is -2.33. The van der Waals surface area contributed by atoms with Crippen LogP contribution in [0.4, 0.5) is 9.52 Å². The van der Waals surface area contributed by atoms with Gasteiger partial charge in [-0.15, -0.1) is 11.8 Å². The first kappa shape index (κ1) is 23.1. The quantitative estimate of drug-likeness (QED) is 0.298. The summed E-state index contributed by atoms with van der Waals surface area (Å²) in [7, 11) is 3.20. The molecule has 0 saturated heterocycles. The monoisotopic (exact) mass is 486 g/mol. The van der Waals surface area contributed by atoms with Crippen molar-refractivity contribution < 1.29 is 18.7 Å². The number of aryl methyl sites for hydroxylation is 1. The number of hydrogen-bond donors (Lipinski definition) is 0. The van der Waals surface area contributed by atoms with Gasteiger partial charge in [-0.05, 0) is 42.8 Å². The highest BCUT2D eigenvalue weighted by atomic mass is 32.2. The lowest BCUT2D eigenvalue weighted by atomic mass is 10.3. The molecule has 0 unspecified atom stereocenters. The molecule has 0 atom stereocenters. The second-order valence-electron chi connectivity index (χ2n) is 7.09. The number of carbonyl (C=O) groups excluding carboxylic acids is 1. The van der Waals surface area contributed by atoms with E-state index in [1.807, 2.05) is 16.8 Å². The number of thioether (sulfide) groups is 1. The maximum atomic E-state index is 13.3. The van der Waals surface area contributed by atoms with Crippen molar-refractivity contribution in [2.75, 3.05) is 31.4 Å². The summed E-state index contributed by atoms with van der Waals surface area (Å²) in [6, 6.07) is 9.76. The number of halogens is 1. The summed E-state index contributed by atoms with van der Waals surface area (Å²) in [6.07, 6.45) is 6.11. The molecule has 0 bridgehead atoms. The Bertz CT molecular complexity index is 1170. The minimum atomic E-state index is -0.302. The highest BCUT2D eigenvalue weighted by molar-refractivity contribution is 8.00. The van der Waals surface area contributed by atoms with Crippen LogP contribution in [0.15, 0.2) is 60.0 Å². The van der Waals surface area contributed by atoms with E-state index in [0.29, 0.717) is 28.7 Å². The van der Waals surface area contributed by atoms with Gasteiger partial charge in [0.25, 0.3) is 0 Å². The molecule has 1 amide bonds. The highest BCUT2D eigenvalue weighted by Crippen LogP contribution is 2.40. The lowest BCUT2D eigenvalue weighted by Gasteiger charge is -2.20. The third kappa shape index (κ3) is 5.45. The molecule has 2 aromatic heterocycles. The average molecular weight is 487 g/mol. The molecule has 0 aliphatic carbocycles. The SMILES string of the molecule is COc1ccc(OC)c2sc(N(CCCn3ccnc3)C(=O)CSc3ccc(F)cc3)nc12. The van der Waals surface area contributed by atoms with Crippen LogP contribution < -0.4 is 14.4 Å². The topological polar surface area (TPSA) is 69.5 Å². The Labute approximate surface area is 199 Å². The molecule has 33 heavy (non-hydrogen) atoms. The summed E-state index contributed by atoms with van der Waals surface area (Å²) in [5.41, 5.74) is 0.662. The highest BCUT2D eigenvalue weighted by Gasteiger charge is 2.22. The average Bonchev–Trinajstić information content (AvgIpc) is 3.51. The van der Waals surface area contributed by atoms with Crippen molar-refractivity contribution in [2.24, 2.45) is 0 Å². The van der Waals surface area contributed by atoms with Gasteiger partial charge in [-0.1, -0.05) is 11.3 Å². The molecular formula is C23H23FN4O3S2. The van der Waals surface area contributed by atoms with Crippen LogP contribution >= 0.6 is 23.1 Å². The van der Waals surface area contributed by atoms with Crippen LogP contribution in [0.2, 0.25) is 0 Å². The number of thiazole rings is 1. The van der Waals surface area contributed by atoms with Gasteiger partial charge in [0.15, 0.2) is 5.13 Å². The summed E-state index contributed by atoms with van der Waals surface area (Å²) in [5.74, 6) is 1.14. The van der Waals surface area contributed by atoms with Crippen molar-refractivity contribution in [1.29, 1.82) is 0 Å². The van der Waals surface area contributed by atoms with Crippen LogP contribution in [-0.4, -0.2) is 47.0 Å². The van der Waals surface area contributed by atoms with Gasteiger partial charge < -0.3 is 14.0 Å². The van der Waals surface area contributed by atoms with Crippen molar-refractivity contribution in [3.8, 4) is 11.5 Å². The fourth-order valence-electron chi connectivity index (χ4n) is 3.30. The number of nitrogens with zero attached hydrogens (tertiary/aromatic N) is 4. The molecule has 0 saturated carbocycles. The summed E-state index contributed by atoms with van der Waals surface area (Å²) in [5, 5.41) is 0.586. The summed E-state index contributed by atoms with van der Waals surface area (Å²) >= 11 is 2.77. The van der Waals surface area contributed by atoms with E-state index in [4.69, 9.17) is 14.5 Å². The molecule has 4 rings (SSSR count). The van der Waals surface area contributed by atoms with Gasteiger partial charge >= 0.3 is 0 Å². The first-order valence-electron chi connectivity index (χ1n) is 10.2. The molecule has 0 radical (unpaired) electrons. The van der Waals surface area contributed by atoms with Gasteiger partial charge in [0.2, 0.25) is 5.91 Å². The number of imidazole rings is 1. The molecule has 7 nitrogen and oxygen atoms in total. The molecule has 172 valence electrons. The van der Waals surface area contributed by atoms with Gasteiger partial charge in [0.1, 0.15) is 27.5 Å². The Kier molecular flexibility index (Phi) is 7.46. The predicted octanol–water partition coefficient (Wildman–Crippen LogP) is 4.86. The maximum Gasteiger partial charge on any atom is 0.239 e. The number of hydrogen-bond acceptors (Lipinski definition) is 7. The van der Waals surface area contributed by atoms with E-state index in [-0.39, 0.29) is 17.5 Å². The third-order valence-corrected chi connectivity index (χ3v) is 7.05. The van der Waals surface area contributed by atoms with Crippen molar-refractivity contribution in [1.82, 2.24) is 14.5 Å². The zero-order chi connectivity index (χ0) is 23.2. The fourth-order valence-corrected chi connectivity index (χ4v) is 5.19. The van der Waals surface area contributed by atoms with Crippen molar-refractivity contribution in [3.63, 3.8) is 0 Å². The molecule has 0 N–H and O–H groups in total. The van der Waals surface area contributed by atoms with Crippen molar-refractivity contribution in [2.45, 2.75) is 17.9 Å². The molecule has 0 aliphatic rings.